The third kappa shape index (κ3) is 3.66. The Kier molecular flexibility index (Phi) is 4.75. The summed E-state index contributed by atoms with van der Waals surface area (Å²) < 4.78 is 0. The van der Waals surface area contributed by atoms with Gasteiger partial charge in [0.2, 0.25) is 11.0 Å². The standard InChI is InChI=1S/C16H18N6O2S/c1-9(2)15-19-20-16(25-15)18-14(24)11-8-12(13(17)23)22(21-11)10-6-4-3-5-7-10/h3-7,9,12H,8H2,1-2H3,(H2,17,23)(H,18,20,24)/t12-/m1/s1. The molecule has 1 aliphatic rings. The Labute approximate surface area is 148 Å². The van der Waals surface area contributed by atoms with E-state index in [4.69, 9.17) is 5.73 Å². The van der Waals surface area contributed by atoms with Gasteiger partial charge in [0, 0.05) is 12.3 Å². The summed E-state index contributed by atoms with van der Waals surface area (Å²) in [6.07, 6.45) is 0.145. The van der Waals surface area contributed by atoms with Crippen LogP contribution in [0.15, 0.2) is 35.4 Å². The number of nitrogens with one attached hydrogen (secondary N) is 1. The Bertz CT molecular complexity index is 817. The van der Waals surface area contributed by atoms with Crippen molar-refractivity contribution in [3.05, 3.63) is 35.3 Å². The number of hydrogen-bond acceptors (Lipinski definition) is 7. The normalized spacial score (nSPS) is 16.8. The SMILES string of the molecule is CC(C)c1nnc(NC(=O)C2=NN(c3ccccc3)[C@@H](C(N)=O)C2)s1. The van der Waals surface area contributed by atoms with E-state index in [0.29, 0.717) is 10.8 Å². The van der Waals surface area contributed by atoms with Crippen molar-refractivity contribution in [1.29, 1.82) is 0 Å². The lowest BCUT2D eigenvalue weighted by atomic mass is 10.1. The molecule has 3 rings (SSSR count). The highest BCUT2D eigenvalue weighted by atomic mass is 32.1. The molecule has 1 aromatic heterocycles. The Morgan fingerprint density at radius 3 is 2.60 bits per heavy atom. The van der Waals surface area contributed by atoms with Gasteiger partial charge in [0.05, 0.1) is 5.69 Å². The maximum Gasteiger partial charge on any atom is 0.273 e. The van der Waals surface area contributed by atoms with E-state index < -0.39 is 17.9 Å². The fourth-order valence-corrected chi connectivity index (χ4v) is 3.12. The van der Waals surface area contributed by atoms with Gasteiger partial charge in [-0.1, -0.05) is 43.4 Å². The van der Waals surface area contributed by atoms with E-state index in [1.807, 2.05) is 32.0 Å². The summed E-state index contributed by atoms with van der Waals surface area (Å²) in [5.74, 6) is -0.704. The summed E-state index contributed by atoms with van der Waals surface area (Å²) in [6, 6.07) is 8.44. The molecule has 2 amide bonds. The molecule has 0 radical (unpaired) electrons. The highest BCUT2D eigenvalue weighted by Crippen LogP contribution is 2.26. The molecule has 9 heteroatoms. The number of rotatable bonds is 5. The lowest BCUT2D eigenvalue weighted by Gasteiger charge is -2.20. The van der Waals surface area contributed by atoms with Crippen LogP contribution in [0.1, 0.15) is 31.2 Å². The first-order valence-electron chi connectivity index (χ1n) is 7.81. The van der Waals surface area contributed by atoms with E-state index in [1.54, 1.807) is 12.1 Å². The zero-order chi connectivity index (χ0) is 18.0. The zero-order valence-corrected chi connectivity index (χ0v) is 14.7. The lowest BCUT2D eigenvalue weighted by molar-refractivity contribution is -0.119. The van der Waals surface area contributed by atoms with Crippen molar-refractivity contribution in [2.24, 2.45) is 10.8 Å². The van der Waals surface area contributed by atoms with Crippen LogP contribution in [0.4, 0.5) is 10.8 Å². The number of hydrazone groups is 1. The second kappa shape index (κ2) is 6.98. The smallest absolute Gasteiger partial charge is 0.273 e. The summed E-state index contributed by atoms with van der Waals surface area (Å²) in [4.78, 5) is 24.2. The maximum absolute atomic E-state index is 12.5. The van der Waals surface area contributed by atoms with Crippen molar-refractivity contribution in [3.63, 3.8) is 0 Å². The van der Waals surface area contributed by atoms with Crippen LogP contribution in [0.5, 0.6) is 0 Å². The average Bonchev–Trinajstić information content (AvgIpc) is 3.22. The number of para-hydroxylation sites is 1. The molecular formula is C16H18N6O2S. The number of hydrogen-bond donors (Lipinski definition) is 2. The van der Waals surface area contributed by atoms with Crippen LogP contribution < -0.4 is 16.1 Å². The minimum Gasteiger partial charge on any atom is -0.368 e. The van der Waals surface area contributed by atoms with Crippen LogP contribution in [-0.4, -0.2) is 33.8 Å². The zero-order valence-electron chi connectivity index (χ0n) is 13.8. The molecule has 0 saturated heterocycles. The number of nitrogens with two attached hydrogens (primary N) is 1. The van der Waals surface area contributed by atoms with Gasteiger partial charge in [-0.05, 0) is 12.1 Å². The number of nitrogens with zero attached hydrogens (tertiary/aromatic N) is 4. The predicted molar refractivity (Wildman–Crippen MR) is 96.6 cm³/mol. The molecule has 3 N–H and O–H groups in total. The molecule has 8 nitrogen and oxygen atoms in total. The number of anilines is 2. The van der Waals surface area contributed by atoms with E-state index in [2.05, 4.69) is 20.6 Å². The fourth-order valence-electron chi connectivity index (χ4n) is 2.38. The Morgan fingerprint density at radius 1 is 1.28 bits per heavy atom. The van der Waals surface area contributed by atoms with E-state index in [0.717, 1.165) is 5.01 Å². The van der Waals surface area contributed by atoms with E-state index in [1.165, 1.54) is 16.3 Å². The molecule has 0 aliphatic carbocycles. The van der Waals surface area contributed by atoms with E-state index in [-0.39, 0.29) is 18.1 Å². The topological polar surface area (TPSA) is 114 Å². The molecule has 2 heterocycles. The number of carbonyl (C=O) groups is 2. The molecule has 1 aromatic carbocycles. The molecule has 2 aromatic rings. The van der Waals surface area contributed by atoms with Gasteiger partial charge in [0.15, 0.2) is 0 Å². The number of aromatic nitrogens is 2. The van der Waals surface area contributed by atoms with Gasteiger partial charge in [-0.3, -0.25) is 19.9 Å². The largest absolute Gasteiger partial charge is 0.368 e. The van der Waals surface area contributed by atoms with Crippen molar-refractivity contribution < 1.29 is 9.59 Å². The van der Waals surface area contributed by atoms with Gasteiger partial charge in [-0.2, -0.15) is 5.10 Å². The van der Waals surface area contributed by atoms with Crippen molar-refractivity contribution >= 4 is 39.7 Å². The molecule has 0 bridgehead atoms. The number of carbonyl (C=O) groups excluding carboxylic acids is 2. The number of primary amides is 1. The van der Waals surface area contributed by atoms with E-state index >= 15 is 0 Å². The highest BCUT2D eigenvalue weighted by molar-refractivity contribution is 7.15. The summed E-state index contributed by atoms with van der Waals surface area (Å²) in [7, 11) is 0. The Morgan fingerprint density at radius 2 is 2.00 bits per heavy atom. The molecule has 0 unspecified atom stereocenters. The summed E-state index contributed by atoms with van der Waals surface area (Å²) >= 11 is 1.32. The highest BCUT2D eigenvalue weighted by Gasteiger charge is 2.35. The van der Waals surface area contributed by atoms with Crippen molar-refractivity contribution in [1.82, 2.24) is 10.2 Å². The van der Waals surface area contributed by atoms with Gasteiger partial charge >= 0.3 is 0 Å². The first-order chi connectivity index (χ1) is 12.0. The van der Waals surface area contributed by atoms with Crippen LogP contribution in [0.3, 0.4) is 0 Å². The second-order valence-corrected chi connectivity index (χ2v) is 6.91. The minimum absolute atomic E-state index is 0.145. The van der Waals surface area contributed by atoms with Crippen LogP contribution in [0.25, 0.3) is 0 Å². The lowest BCUT2D eigenvalue weighted by Crippen LogP contribution is -2.39. The predicted octanol–water partition coefficient (Wildman–Crippen LogP) is 1.72. The van der Waals surface area contributed by atoms with Gasteiger partial charge in [0.25, 0.3) is 5.91 Å². The summed E-state index contributed by atoms with van der Waals surface area (Å²) in [5.41, 5.74) is 6.40. The van der Waals surface area contributed by atoms with Gasteiger partial charge in [-0.25, -0.2) is 0 Å². The molecule has 0 saturated carbocycles. The third-order valence-electron chi connectivity index (χ3n) is 3.68. The molecule has 0 fully saturated rings. The second-order valence-electron chi connectivity index (χ2n) is 5.90. The molecule has 1 aliphatic heterocycles. The molecule has 25 heavy (non-hydrogen) atoms. The summed E-state index contributed by atoms with van der Waals surface area (Å²) in [5, 5.41) is 17.7. The van der Waals surface area contributed by atoms with Crippen molar-refractivity contribution in [3.8, 4) is 0 Å². The molecule has 1 atom stereocenters. The van der Waals surface area contributed by atoms with Gasteiger partial charge in [-0.15, -0.1) is 10.2 Å². The van der Waals surface area contributed by atoms with Crippen molar-refractivity contribution in [2.75, 3.05) is 10.3 Å². The molecule has 130 valence electrons. The maximum atomic E-state index is 12.5. The number of amides is 2. The average molecular weight is 358 g/mol. The van der Waals surface area contributed by atoms with Gasteiger partial charge in [0.1, 0.15) is 16.8 Å². The van der Waals surface area contributed by atoms with E-state index in [9.17, 15) is 9.59 Å². The van der Waals surface area contributed by atoms with Crippen LogP contribution in [-0.2, 0) is 9.59 Å². The summed E-state index contributed by atoms with van der Waals surface area (Å²) in [6.45, 7) is 4.00. The van der Waals surface area contributed by atoms with Crippen LogP contribution >= 0.6 is 11.3 Å². The molecular weight excluding hydrogens is 340 g/mol. The third-order valence-corrected chi connectivity index (χ3v) is 4.82. The quantitative estimate of drug-likeness (QED) is 0.845. The minimum atomic E-state index is -0.691. The molecule has 0 spiro atoms. The first-order valence-corrected chi connectivity index (χ1v) is 8.63. The fraction of sp³-hybridized carbons (Fsp3) is 0.312. The first kappa shape index (κ1) is 17.0. The monoisotopic (exact) mass is 358 g/mol. The Balaban J connectivity index is 1.78. The Hall–Kier alpha value is -2.81. The number of benzene rings is 1. The van der Waals surface area contributed by atoms with Gasteiger partial charge < -0.3 is 5.73 Å². The van der Waals surface area contributed by atoms with Crippen LogP contribution in [0, 0.1) is 0 Å². The van der Waals surface area contributed by atoms with Crippen LogP contribution in [0.2, 0.25) is 0 Å². The van der Waals surface area contributed by atoms with Crippen molar-refractivity contribution in [2.45, 2.75) is 32.2 Å².